The van der Waals surface area contributed by atoms with Crippen LogP contribution in [0.3, 0.4) is 0 Å². The van der Waals surface area contributed by atoms with Gasteiger partial charge in [-0.25, -0.2) is 0 Å². The van der Waals surface area contributed by atoms with Crippen LogP contribution in [0.1, 0.15) is 12.0 Å². The number of morpholine rings is 1. The average molecular weight is 546 g/mol. The van der Waals surface area contributed by atoms with Gasteiger partial charge in [0.1, 0.15) is 5.75 Å². The molecule has 0 spiro atoms. The number of nitrogens with zero attached hydrogens (tertiary/aromatic N) is 2. The third-order valence-electron chi connectivity index (χ3n) is 5.12. The van der Waals surface area contributed by atoms with Gasteiger partial charge in [-0.2, -0.15) is 0 Å². The predicted molar refractivity (Wildman–Crippen MR) is 143 cm³/mol. The molecule has 0 N–H and O–H groups in total. The molecule has 2 saturated heterocycles. The molecule has 1 amide bonds. The molecule has 2 fully saturated rings. The number of ether oxygens (including phenoxy) is 2. The van der Waals surface area contributed by atoms with Gasteiger partial charge < -0.3 is 9.47 Å². The van der Waals surface area contributed by atoms with Gasteiger partial charge in [0.05, 0.1) is 40.5 Å². The van der Waals surface area contributed by atoms with Crippen molar-refractivity contribution in [2.24, 2.45) is 0 Å². The molecule has 176 valence electrons. The zero-order valence-electron chi connectivity index (χ0n) is 17.7. The van der Waals surface area contributed by atoms with E-state index in [1.54, 1.807) is 18.2 Å². The lowest BCUT2D eigenvalue weighted by Crippen LogP contribution is -2.37. The Hall–Kier alpha value is -1.32. The average Bonchev–Trinajstić information content (AvgIpc) is 3.08. The molecule has 0 bridgehead atoms. The van der Waals surface area contributed by atoms with Crippen LogP contribution in [-0.4, -0.2) is 54.6 Å². The van der Waals surface area contributed by atoms with Crippen molar-refractivity contribution in [3.8, 4) is 5.75 Å². The summed E-state index contributed by atoms with van der Waals surface area (Å²) in [7, 11) is 0. The lowest BCUT2D eigenvalue weighted by Gasteiger charge is -2.26. The van der Waals surface area contributed by atoms with E-state index in [0.29, 0.717) is 31.6 Å². The first-order valence-electron chi connectivity index (χ1n) is 10.3. The molecule has 4 rings (SSSR count). The first-order valence-corrected chi connectivity index (χ1v) is 12.3. The van der Waals surface area contributed by atoms with E-state index in [4.69, 9.17) is 44.9 Å². The maximum absolute atomic E-state index is 13.0. The van der Waals surface area contributed by atoms with Crippen molar-refractivity contribution in [1.82, 2.24) is 4.90 Å². The number of carbonyl (C=O) groups excluding carboxylic acids is 1. The number of hydrogen-bond donors (Lipinski definition) is 0. The maximum Gasteiger partial charge on any atom is 0.270 e. The molecular formula is C23H23Cl3N2O3S2. The second-order valence-corrected chi connectivity index (χ2v) is 9.83. The van der Waals surface area contributed by atoms with Gasteiger partial charge in [-0.3, -0.25) is 14.6 Å². The Morgan fingerprint density at radius 1 is 1.09 bits per heavy atom. The SMILES string of the molecule is Cl.O=C1/C(=C/c2ccc(Cl)c(Cl)c2)SC(=S)N1c1ccc(OCCCN2CCOCC2)cc1. The highest BCUT2D eigenvalue weighted by Gasteiger charge is 2.33. The van der Waals surface area contributed by atoms with Gasteiger partial charge in [0.25, 0.3) is 5.91 Å². The molecule has 2 aromatic rings. The van der Waals surface area contributed by atoms with Crippen molar-refractivity contribution in [1.29, 1.82) is 0 Å². The summed E-state index contributed by atoms with van der Waals surface area (Å²) in [5.41, 5.74) is 1.51. The van der Waals surface area contributed by atoms with E-state index in [0.717, 1.165) is 50.6 Å². The van der Waals surface area contributed by atoms with Gasteiger partial charge in [-0.1, -0.05) is 53.2 Å². The summed E-state index contributed by atoms with van der Waals surface area (Å²) >= 11 is 18.8. The Labute approximate surface area is 219 Å². The van der Waals surface area contributed by atoms with Gasteiger partial charge in [-0.15, -0.1) is 12.4 Å². The molecule has 0 radical (unpaired) electrons. The quantitative estimate of drug-likeness (QED) is 0.244. The van der Waals surface area contributed by atoms with E-state index in [1.807, 2.05) is 30.3 Å². The highest BCUT2D eigenvalue weighted by Crippen LogP contribution is 2.37. The first kappa shape index (κ1) is 26.3. The lowest BCUT2D eigenvalue weighted by molar-refractivity contribution is -0.113. The third kappa shape index (κ3) is 6.85. The Kier molecular flexibility index (Phi) is 9.88. The van der Waals surface area contributed by atoms with Gasteiger partial charge in [0.2, 0.25) is 0 Å². The number of thiocarbonyl (C=S) groups is 1. The summed E-state index contributed by atoms with van der Waals surface area (Å²) in [5.74, 6) is 0.609. The van der Waals surface area contributed by atoms with Crippen molar-refractivity contribution >= 4 is 81.6 Å². The minimum absolute atomic E-state index is 0. The molecule has 10 heteroatoms. The fourth-order valence-electron chi connectivity index (χ4n) is 3.44. The molecule has 2 aliphatic heterocycles. The second kappa shape index (κ2) is 12.4. The molecule has 0 aromatic heterocycles. The lowest BCUT2D eigenvalue weighted by atomic mass is 10.2. The van der Waals surface area contributed by atoms with Gasteiger partial charge >= 0.3 is 0 Å². The van der Waals surface area contributed by atoms with Crippen LogP contribution in [0.15, 0.2) is 47.4 Å². The van der Waals surface area contributed by atoms with Crippen LogP contribution in [0.4, 0.5) is 5.69 Å². The van der Waals surface area contributed by atoms with Crippen LogP contribution in [0.25, 0.3) is 6.08 Å². The minimum atomic E-state index is -0.162. The molecule has 0 unspecified atom stereocenters. The predicted octanol–water partition coefficient (Wildman–Crippen LogP) is 5.92. The van der Waals surface area contributed by atoms with Crippen molar-refractivity contribution in [2.45, 2.75) is 6.42 Å². The van der Waals surface area contributed by atoms with Crippen LogP contribution in [-0.2, 0) is 9.53 Å². The molecule has 5 nitrogen and oxygen atoms in total. The summed E-state index contributed by atoms with van der Waals surface area (Å²) < 4.78 is 11.7. The largest absolute Gasteiger partial charge is 0.494 e. The van der Waals surface area contributed by atoms with E-state index < -0.39 is 0 Å². The van der Waals surface area contributed by atoms with E-state index in [-0.39, 0.29) is 18.3 Å². The third-order valence-corrected chi connectivity index (χ3v) is 7.16. The Bertz CT molecular complexity index is 1030. The van der Waals surface area contributed by atoms with Crippen LogP contribution in [0.5, 0.6) is 5.75 Å². The van der Waals surface area contributed by atoms with Crippen LogP contribution < -0.4 is 9.64 Å². The molecule has 2 aromatic carbocycles. The standard InChI is InChI=1S/C23H22Cl2N2O3S2.ClH/c24-19-7-2-16(14-20(19)25)15-21-22(28)27(23(31)32-21)17-3-5-18(6-4-17)30-11-1-8-26-9-12-29-13-10-26;/h2-7,14-15H,1,8-13H2;1H/b21-15-;. The molecule has 2 heterocycles. The van der Waals surface area contributed by atoms with E-state index in [1.165, 1.54) is 16.7 Å². The van der Waals surface area contributed by atoms with Gasteiger partial charge in [-0.05, 0) is 54.5 Å². The maximum atomic E-state index is 13.0. The highest BCUT2D eigenvalue weighted by molar-refractivity contribution is 8.27. The molecule has 0 saturated carbocycles. The number of thioether (sulfide) groups is 1. The van der Waals surface area contributed by atoms with E-state index in [9.17, 15) is 4.79 Å². The van der Waals surface area contributed by atoms with Gasteiger partial charge in [0, 0.05) is 19.6 Å². The summed E-state index contributed by atoms with van der Waals surface area (Å²) in [6.45, 7) is 5.23. The van der Waals surface area contributed by atoms with E-state index in [2.05, 4.69) is 4.90 Å². The Morgan fingerprint density at radius 3 is 2.52 bits per heavy atom. The van der Waals surface area contributed by atoms with E-state index >= 15 is 0 Å². The fourth-order valence-corrected chi connectivity index (χ4v) is 5.04. The molecule has 33 heavy (non-hydrogen) atoms. The summed E-state index contributed by atoms with van der Waals surface area (Å²) in [6.07, 6.45) is 2.73. The first-order chi connectivity index (χ1) is 15.5. The monoisotopic (exact) mass is 544 g/mol. The number of rotatable bonds is 7. The molecule has 2 aliphatic rings. The van der Waals surface area contributed by atoms with Crippen LogP contribution >= 0.6 is 59.6 Å². The molecular weight excluding hydrogens is 523 g/mol. The van der Waals surface area contributed by atoms with Crippen molar-refractivity contribution in [3.63, 3.8) is 0 Å². The van der Waals surface area contributed by atoms with Crippen molar-refractivity contribution in [2.75, 3.05) is 44.4 Å². The molecule has 0 aliphatic carbocycles. The number of hydrogen-bond acceptors (Lipinski definition) is 6. The Balaban J connectivity index is 0.00000306. The Morgan fingerprint density at radius 2 is 1.82 bits per heavy atom. The number of carbonyl (C=O) groups is 1. The van der Waals surface area contributed by atoms with Gasteiger partial charge in [0.15, 0.2) is 4.32 Å². The zero-order chi connectivity index (χ0) is 22.5. The zero-order valence-corrected chi connectivity index (χ0v) is 21.6. The van der Waals surface area contributed by atoms with Crippen molar-refractivity contribution < 1.29 is 14.3 Å². The van der Waals surface area contributed by atoms with Crippen LogP contribution in [0, 0.1) is 0 Å². The minimum Gasteiger partial charge on any atom is -0.494 e. The smallest absolute Gasteiger partial charge is 0.270 e. The summed E-state index contributed by atoms with van der Waals surface area (Å²) in [6, 6.07) is 12.7. The summed E-state index contributed by atoms with van der Waals surface area (Å²) in [4.78, 5) is 17.4. The highest BCUT2D eigenvalue weighted by atomic mass is 35.5. The number of halogens is 3. The number of anilines is 1. The normalized spacial score (nSPS) is 18.0. The van der Waals surface area contributed by atoms with Crippen LogP contribution in [0.2, 0.25) is 10.0 Å². The number of amides is 1. The molecule has 0 atom stereocenters. The fraction of sp³-hybridized carbons (Fsp3) is 0.304. The van der Waals surface area contributed by atoms with Crippen molar-refractivity contribution in [3.05, 3.63) is 63.0 Å². The number of benzene rings is 2. The topological polar surface area (TPSA) is 42.0 Å². The summed E-state index contributed by atoms with van der Waals surface area (Å²) in [5, 5.41) is 0.913. The second-order valence-electron chi connectivity index (χ2n) is 7.34.